The van der Waals surface area contributed by atoms with Gasteiger partial charge in [0.1, 0.15) is 0 Å². The van der Waals surface area contributed by atoms with Gasteiger partial charge < -0.3 is 15.0 Å². The Morgan fingerprint density at radius 1 is 1.33 bits per heavy atom. The van der Waals surface area contributed by atoms with Crippen molar-refractivity contribution < 1.29 is 4.74 Å². The topological polar surface area (TPSA) is 24.5 Å². The van der Waals surface area contributed by atoms with Gasteiger partial charge in [-0.25, -0.2) is 0 Å². The summed E-state index contributed by atoms with van der Waals surface area (Å²) in [6, 6.07) is 0.615. The highest BCUT2D eigenvalue weighted by molar-refractivity contribution is 4.92. The second-order valence-corrected chi connectivity index (χ2v) is 4.92. The van der Waals surface area contributed by atoms with Crippen LogP contribution in [0.25, 0.3) is 0 Å². The molecule has 1 N–H and O–H groups in total. The van der Waals surface area contributed by atoms with Gasteiger partial charge in [0.05, 0.1) is 0 Å². The van der Waals surface area contributed by atoms with Gasteiger partial charge in [0, 0.05) is 31.3 Å². The summed E-state index contributed by atoms with van der Waals surface area (Å²) in [5.74, 6) is 0. The van der Waals surface area contributed by atoms with Crippen molar-refractivity contribution in [2.75, 3.05) is 33.9 Å². The molecule has 0 aromatic heterocycles. The summed E-state index contributed by atoms with van der Waals surface area (Å²) in [4.78, 5) is 2.37. The number of ether oxygens (including phenoxy) is 1. The van der Waals surface area contributed by atoms with E-state index in [9.17, 15) is 0 Å². The van der Waals surface area contributed by atoms with Crippen LogP contribution >= 0.6 is 0 Å². The van der Waals surface area contributed by atoms with Gasteiger partial charge in [-0.05, 0) is 40.3 Å². The third-order valence-corrected chi connectivity index (χ3v) is 3.76. The van der Waals surface area contributed by atoms with Gasteiger partial charge in [0.25, 0.3) is 0 Å². The maximum atomic E-state index is 5.45. The predicted octanol–water partition coefficient (Wildman–Crippen LogP) is 1.49. The molecule has 1 unspecified atom stereocenters. The first-order valence-corrected chi connectivity index (χ1v) is 6.09. The molecule has 1 saturated heterocycles. The van der Waals surface area contributed by atoms with Crippen LogP contribution in [-0.4, -0.2) is 50.3 Å². The van der Waals surface area contributed by atoms with E-state index in [-0.39, 0.29) is 0 Å². The molecule has 3 nitrogen and oxygen atoms in total. The van der Waals surface area contributed by atoms with Crippen LogP contribution in [0.5, 0.6) is 0 Å². The van der Waals surface area contributed by atoms with Gasteiger partial charge in [-0.15, -0.1) is 0 Å². The fraction of sp³-hybridized carbons (Fsp3) is 1.00. The average molecular weight is 214 g/mol. The number of nitrogens with zero attached hydrogens (tertiary/aromatic N) is 1. The highest BCUT2D eigenvalue weighted by atomic mass is 16.5. The van der Waals surface area contributed by atoms with Crippen molar-refractivity contribution in [3.8, 4) is 0 Å². The zero-order valence-electron chi connectivity index (χ0n) is 10.7. The lowest BCUT2D eigenvalue weighted by molar-refractivity contribution is -0.00807. The molecule has 0 radical (unpaired) electrons. The van der Waals surface area contributed by atoms with E-state index < -0.39 is 0 Å². The monoisotopic (exact) mass is 214 g/mol. The second-order valence-electron chi connectivity index (χ2n) is 4.92. The Labute approximate surface area is 94.2 Å². The second kappa shape index (κ2) is 5.83. The van der Waals surface area contributed by atoms with Gasteiger partial charge in [0.15, 0.2) is 0 Å². The third kappa shape index (κ3) is 3.44. The van der Waals surface area contributed by atoms with E-state index >= 15 is 0 Å². The predicted molar refractivity (Wildman–Crippen MR) is 64.2 cm³/mol. The van der Waals surface area contributed by atoms with Crippen LogP contribution < -0.4 is 5.32 Å². The van der Waals surface area contributed by atoms with Crippen molar-refractivity contribution in [1.29, 1.82) is 0 Å². The molecule has 1 heterocycles. The number of hydrogen-bond acceptors (Lipinski definition) is 3. The van der Waals surface area contributed by atoms with E-state index in [1.54, 1.807) is 0 Å². The minimum absolute atomic E-state index is 0.307. The molecular formula is C12H26N2O. The molecule has 1 rings (SSSR count). The maximum absolute atomic E-state index is 5.45. The molecular weight excluding hydrogens is 188 g/mol. The summed E-state index contributed by atoms with van der Waals surface area (Å²) >= 11 is 0. The van der Waals surface area contributed by atoms with E-state index in [1.807, 2.05) is 0 Å². The summed E-state index contributed by atoms with van der Waals surface area (Å²) in [5.41, 5.74) is 0.307. The Balaban J connectivity index is 2.49. The Morgan fingerprint density at radius 3 is 2.40 bits per heavy atom. The van der Waals surface area contributed by atoms with Crippen LogP contribution in [0.1, 0.15) is 33.1 Å². The summed E-state index contributed by atoms with van der Waals surface area (Å²) in [6.45, 7) is 7.37. The molecule has 15 heavy (non-hydrogen) atoms. The first kappa shape index (κ1) is 12.9. The van der Waals surface area contributed by atoms with Crippen LogP contribution in [-0.2, 0) is 4.74 Å². The average Bonchev–Trinajstić information content (AvgIpc) is 2.27. The molecule has 0 spiro atoms. The number of rotatable bonds is 5. The van der Waals surface area contributed by atoms with Gasteiger partial charge in [-0.2, -0.15) is 0 Å². The quantitative estimate of drug-likeness (QED) is 0.750. The molecule has 1 fully saturated rings. The van der Waals surface area contributed by atoms with Crippen molar-refractivity contribution in [2.45, 2.75) is 44.7 Å². The van der Waals surface area contributed by atoms with E-state index in [4.69, 9.17) is 4.74 Å². The minimum Gasteiger partial charge on any atom is -0.381 e. The fourth-order valence-corrected chi connectivity index (χ4v) is 2.04. The zero-order valence-corrected chi connectivity index (χ0v) is 10.7. The molecule has 0 aromatic rings. The van der Waals surface area contributed by atoms with E-state index in [2.05, 4.69) is 38.2 Å². The van der Waals surface area contributed by atoms with E-state index in [0.29, 0.717) is 11.6 Å². The summed E-state index contributed by atoms with van der Waals surface area (Å²) < 4.78 is 5.45. The summed E-state index contributed by atoms with van der Waals surface area (Å²) in [7, 11) is 4.37. The normalized spacial score (nSPS) is 23.0. The zero-order chi connectivity index (χ0) is 11.3. The van der Waals surface area contributed by atoms with Gasteiger partial charge in [-0.3, -0.25) is 0 Å². The SMILES string of the molecule is CCC(C)NCC1(N(C)C)CCOCC1. The van der Waals surface area contributed by atoms with Crippen molar-refractivity contribution in [3.63, 3.8) is 0 Å². The van der Waals surface area contributed by atoms with E-state index in [1.165, 1.54) is 6.42 Å². The van der Waals surface area contributed by atoms with Crippen LogP contribution in [0, 0.1) is 0 Å². The first-order valence-electron chi connectivity index (χ1n) is 6.09. The van der Waals surface area contributed by atoms with Crippen LogP contribution in [0.3, 0.4) is 0 Å². The standard InChI is InChI=1S/C12H26N2O/c1-5-11(2)13-10-12(14(3)4)6-8-15-9-7-12/h11,13H,5-10H2,1-4H3. The summed E-state index contributed by atoms with van der Waals surface area (Å²) in [6.07, 6.45) is 3.48. The molecule has 1 atom stereocenters. The van der Waals surface area contributed by atoms with Crippen molar-refractivity contribution in [3.05, 3.63) is 0 Å². The maximum Gasteiger partial charge on any atom is 0.0484 e. The van der Waals surface area contributed by atoms with Crippen LogP contribution in [0.2, 0.25) is 0 Å². The lowest BCUT2D eigenvalue weighted by Gasteiger charge is -2.43. The Morgan fingerprint density at radius 2 is 1.93 bits per heavy atom. The lowest BCUT2D eigenvalue weighted by atomic mass is 9.88. The van der Waals surface area contributed by atoms with Crippen molar-refractivity contribution in [2.24, 2.45) is 0 Å². The molecule has 1 aliphatic rings. The number of nitrogens with one attached hydrogen (secondary N) is 1. The van der Waals surface area contributed by atoms with Gasteiger partial charge >= 0.3 is 0 Å². The van der Waals surface area contributed by atoms with Crippen LogP contribution in [0.15, 0.2) is 0 Å². The molecule has 0 saturated carbocycles. The van der Waals surface area contributed by atoms with Crippen molar-refractivity contribution >= 4 is 0 Å². The number of hydrogen-bond donors (Lipinski definition) is 1. The first-order chi connectivity index (χ1) is 7.10. The number of likely N-dealkylation sites (N-methyl/N-ethyl adjacent to an activating group) is 1. The molecule has 0 bridgehead atoms. The largest absolute Gasteiger partial charge is 0.381 e. The molecule has 0 aliphatic carbocycles. The summed E-state index contributed by atoms with van der Waals surface area (Å²) in [5, 5.41) is 3.63. The fourth-order valence-electron chi connectivity index (χ4n) is 2.04. The Hall–Kier alpha value is -0.120. The highest BCUT2D eigenvalue weighted by Gasteiger charge is 2.34. The Bertz CT molecular complexity index is 176. The molecule has 3 heteroatoms. The molecule has 0 amide bonds. The molecule has 0 aromatic carbocycles. The highest BCUT2D eigenvalue weighted by Crippen LogP contribution is 2.25. The third-order valence-electron chi connectivity index (χ3n) is 3.76. The Kier molecular flexibility index (Phi) is 5.03. The minimum atomic E-state index is 0.307. The lowest BCUT2D eigenvalue weighted by Crippen LogP contribution is -2.56. The van der Waals surface area contributed by atoms with Crippen molar-refractivity contribution in [1.82, 2.24) is 10.2 Å². The molecule has 1 aliphatic heterocycles. The molecule has 90 valence electrons. The van der Waals surface area contributed by atoms with Crippen LogP contribution in [0.4, 0.5) is 0 Å². The van der Waals surface area contributed by atoms with E-state index in [0.717, 1.165) is 32.6 Å². The smallest absolute Gasteiger partial charge is 0.0484 e. The van der Waals surface area contributed by atoms with Gasteiger partial charge in [0.2, 0.25) is 0 Å². The van der Waals surface area contributed by atoms with Gasteiger partial charge in [-0.1, -0.05) is 6.92 Å².